The summed E-state index contributed by atoms with van der Waals surface area (Å²) < 4.78 is 5.08. The Hall–Kier alpha value is -3.25. The number of thioether (sulfide) groups is 1. The van der Waals surface area contributed by atoms with Crippen LogP contribution in [0.5, 0.6) is 5.75 Å². The molecule has 0 heterocycles. The van der Waals surface area contributed by atoms with E-state index in [0.717, 1.165) is 11.1 Å². The summed E-state index contributed by atoms with van der Waals surface area (Å²) in [4.78, 5) is 25.8. The van der Waals surface area contributed by atoms with Crippen molar-refractivity contribution < 1.29 is 14.3 Å². The zero-order chi connectivity index (χ0) is 21.3. The zero-order valence-electron chi connectivity index (χ0n) is 17.0. The molecule has 3 aromatic rings. The van der Waals surface area contributed by atoms with E-state index < -0.39 is 0 Å². The minimum Gasteiger partial charge on any atom is -0.497 e. The van der Waals surface area contributed by atoms with E-state index in [9.17, 15) is 9.59 Å². The largest absolute Gasteiger partial charge is 0.497 e. The van der Waals surface area contributed by atoms with Crippen molar-refractivity contribution in [3.8, 4) is 16.9 Å². The average Bonchev–Trinajstić information content (AvgIpc) is 2.81. The molecule has 3 rings (SSSR count). The maximum Gasteiger partial charge on any atom is 0.251 e. The Labute approximate surface area is 180 Å². The lowest BCUT2D eigenvalue weighted by Crippen LogP contribution is -2.34. The number of amides is 2. The molecular formula is C24H24N2O3S. The van der Waals surface area contributed by atoms with Gasteiger partial charge in [-0.05, 0) is 65.9 Å². The lowest BCUT2D eigenvalue weighted by molar-refractivity contribution is 0.0927. The Bertz CT molecular complexity index is 1000. The Morgan fingerprint density at radius 2 is 1.43 bits per heavy atom. The van der Waals surface area contributed by atoms with Crippen LogP contribution >= 0.6 is 11.8 Å². The number of carbonyl (C=O) groups is 2. The topological polar surface area (TPSA) is 67.4 Å². The van der Waals surface area contributed by atoms with Crippen LogP contribution in [0.3, 0.4) is 0 Å². The number of rotatable bonds is 8. The van der Waals surface area contributed by atoms with Gasteiger partial charge in [-0.2, -0.15) is 0 Å². The van der Waals surface area contributed by atoms with Gasteiger partial charge in [-0.25, -0.2) is 0 Å². The van der Waals surface area contributed by atoms with Crippen LogP contribution in [-0.2, 0) is 0 Å². The van der Waals surface area contributed by atoms with Crippen LogP contribution in [0.25, 0.3) is 11.1 Å². The fraction of sp³-hybridized carbons (Fsp3) is 0.167. The van der Waals surface area contributed by atoms with Gasteiger partial charge in [-0.15, -0.1) is 11.8 Å². The third-order valence-corrected chi connectivity index (χ3v) is 5.34. The first-order valence-electron chi connectivity index (χ1n) is 9.55. The van der Waals surface area contributed by atoms with Crippen LogP contribution in [0.4, 0.5) is 0 Å². The van der Waals surface area contributed by atoms with E-state index >= 15 is 0 Å². The molecular weight excluding hydrogens is 396 g/mol. The fourth-order valence-corrected chi connectivity index (χ4v) is 3.33. The minimum absolute atomic E-state index is 0.170. The lowest BCUT2D eigenvalue weighted by atomic mass is 10.0. The van der Waals surface area contributed by atoms with Crippen molar-refractivity contribution in [3.63, 3.8) is 0 Å². The van der Waals surface area contributed by atoms with Gasteiger partial charge in [0, 0.05) is 29.1 Å². The molecule has 0 saturated carbocycles. The molecule has 0 aliphatic rings. The lowest BCUT2D eigenvalue weighted by Gasteiger charge is -2.09. The van der Waals surface area contributed by atoms with Crippen molar-refractivity contribution in [2.75, 3.05) is 26.5 Å². The first kappa shape index (κ1) is 21.5. The van der Waals surface area contributed by atoms with Crippen LogP contribution in [0.15, 0.2) is 77.7 Å². The van der Waals surface area contributed by atoms with Gasteiger partial charge in [0.05, 0.1) is 7.11 Å². The molecule has 5 nitrogen and oxygen atoms in total. The third kappa shape index (κ3) is 5.64. The average molecular weight is 421 g/mol. The summed E-state index contributed by atoms with van der Waals surface area (Å²) >= 11 is 1.69. The highest BCUT2D eigenvalue weighted by Gasteiger charge is 2.08. The van der Waals surface area contributed by atoms with Crippen molar-refractivity contribution in [2.24, 2.45) is 0 Å². The van der Waals surface area contributed by atoms with Crippen molar-refractivity contribution in [3.05, 3.63) is 83.9 Å². The van der Waals surface area contributed by atoms with Gasteiger partial charge in [0.1, 0.15) is 5.75 Å². The van der Waals surface area contributed by atoms with Gasteiger partial charge in [0.2, 0.25) is 0 Å². The Morgan fingerprint density at radius 1 is 0.800 bits per heavy atom. The molecule has 6 heteroatoms. The third-order valence-electron chi connectivity index (χ3n) is 4.60. The molecule has 2 amide bonds. The number of ether oxygens (including phenoxy) is 1. The van der Waals surface area contributed by atoms with Gasteiger partial charge >= 0.3 is 0 Å². The first-order chi connectivity index (χ1) is 14.6. The molecule has 0 aliphatic carbocycles. The second-order valence-electron chi connectivity index (χ2n) is 6.55. The summed E-state index contributed by atoms with van der Waals surface area (Å²) in [5, 5.41) is 5.64. The van der Waals surface area contributed by atoms with E-state index in [1.165, 1.54) is 4.90 Å². The van der Waals surface area contributed by atoms with E-state index in [1.54, 1.807) is 49.2 Å². The summed E-state index contributed by atoms with van der Waals surface area (Å²) in [7, 11) is 1.58. The smallest absolute Gasteiger partial charge is 0.251 e. The molecule has 0 bridgehead atoms. The molecule has 0 saturated heterocycles. The van der Waals surface area contributed by atoms with E-state index in [4.69, 9.17) is 4.74 Å². The number of nitrogens with one attached hydrogen (secondary N) is 2. The van der Waals surface area contributed by atoms with Crippen LogP contribution < -0.4 is 15.4 Å². The molecule has 0 radical (unpaired) electrons. The SMILES string of the molecule is COc1ccc(C(=O)NCCNC(=O)c2cccc(-c3ccc(SC)cc3)c2)cc1. The molecule has 0 unspecified atom stereocenters. The summed E-state index contributed by atoms with van der Waals surface area (Å²) in [6.45, 7) is 0.680. The zero-order valence-corrected chi connectivity index (χ0v) is 17.8. The first-order valence-corrected chi connectivity index (χ1v) is 10.8. The molecule has 0 spiro atoms. The summed E-state index contributed by atoms with van der Waals surface area (Å²) in [6, 6.07) is 22.6. The van der Waals surface area contributed by atoms with E-state index in [2.05, 4.69) is 34.9 Å². The Balaban J connectivity index is 1.51. The van der Waals surface area contributed by atoms with Gasteiger partial charge in [-0.3, -0.25) is 9.59 Å². The molecule has 30 heavy (non-hydrogen) atoms. The van der Waals surface area contributed by atoms with Crippen LogP contribution in [0, 0.1) is 0 Å². The maximum atomic E-state index is 12.5. The predicted octanol–water partition coefficient (Wildman–Crippen LogP) is 4.24. The number of hydrogen-bond donors (Lipinski definition) is 2. The fourth-order valence-electron chi connectivity index (χ4n) is 2.92. The minimum atomic E-state index is -0.192. The highest BCUT2D eigenvalue weighted by Crippen LogP contribution is 2.23. The van der Waals surface area contributed by atoms with Gasteiger partial charge in [-0.1, -0.05) is 24.3 Å². The number of carbonyl (C=O) groups excluding carboxylic acids is 2. The highest BCUT2D eigenvalue weighted by atomic mass is 32.2. The molecule has 3 aromatic carbocycles. The summed E-state index contributed by atoms with van der Waals surface area (Å²) in [5.41, 5.74) is 3.18. The normalized spacial score (nSPS) is 10.3. The molecule has 0 aliphatic heterocycles. The van der Waals surface area contributed by atoms with Gasteiger partial charge < -0.3 is 15.4 Å². The summed E-state index contributed by atoms with van der Waals surface area (Å²) in [6.07, 6.45) is 2.04. The van der Waals surface area contributed by atoms with Crippen molar-refractivity contribution in [1.82, 2.24) is 10.6 Å². The van der Waals surface area contributed by atoms with Crippen molar-refractivity contribution in [2.45, 2.75) is 4.90 Å². The second-order valence-corrected chi connectivity index (χ2v) is 7.43. The van der Waals surface area contributed by atoms with Crippen LogP contribution in [-0.4, -0.2) is 38.3 Å². The van der Waals surface area contributed by atoms with Gasteiger partial charge in [0.15, 0.2) is 0 Å². The number of benzene rings is 3. The van der Waals surface area contributed by atoms with Crippen molar-refractivity contribution in [1.29, 1.82) is 0 Å². The quantitative estimate of drug-likeness (QED) is 0.422. The number of hydrogen-bond acceptors (Lipinski definition) is 4. The Kier molecular flexibility index (Phi) is 7.51. The monoisotopic (exact) mass is 420 g/mol. The molecule has 154 valence electrons. The van der Waals surface area contributed by atoms with Crippen molar-refractivity contribution >= 4 is 23.6 Å². The van der Waals surface area contributed by atoms with Gasteiger partial charge in [0.25, 0.3) is 11.8 Å². The Morgan fingerprint density at radius 3 is 2.03 bits per heavy atom. The molecule has 2 N–H and O–H groups in total. The van der Waals surface area contributed by atoms with E-state index in [-0.39, 0.29) is 11.8 Å². The molecule has 0 aromatic heterocycles. The van der Waals surface area contributed by atoms with Crippen LogP contribution in [0.2, 0.25) is 0 Å². The maximum absolute atomic E-state index is 12.5. The predicted molar refractivity (Wildman–Crippen MR) is 121 cm³/mol. The number of methoxy groups -OCH3 is 1. The molecule has 0 atom stereocenters. The van der Waals surface area contributed by atoms with E-state index in [1.807, 2.05) is 24.5 Å². The van der Waals surface area contributed by atoms with E-state index in [0.29, 0.717) is 30.0 Å². The van der Waals surface area contributed by atoms with Crippen LogP contribution in [0.1, 0.15) is 20.7 Å². The second kappa shape index (κ2) is 10.5. The highest BCUT2D eigenvalue weighted by molar-refractivity contribution is 7.98. The summed E-state index contributed by atoms with van der Waals surface area (Å²) in [5.74, 6) is 0.333. The standard InChI is InChI=1S/C24H24N2O3S/c1-29-21-10-6-18(7-11-21)23(27)25-14-15-26-24(28)20-5-3-4-19(16-20)17-8-12-22(30-2)13-9-17/h3-13,16H,14-15H2,1-2H3,(H,25,27)(H,26,28). The molecule has 0 fully saturated rings.